The number of ether oxygens (including phenoxy) is 5. The van der Waals surface area contributed by atoms with Crippen molar-refractivity contribution in [3.8, 4) is 17.2 Å². The molecule has 8 nitrogen and oxygen atoms in total. The summed E-state index contributed by atoms with van der Waals surface area (Å²) < 4.78 is 29.1. The highest BCUT2D eigenvalue weighted by Gasteiger charge is 2.42. The molecule has 2 fully saturated rings. The molecule has 37 heavy (non-hydrogen) atoms. The molecule has 1 unspecified atom stereocenters. The Morgan fingerprint density at radius 2 is 1.89 bits per heavy atom. The van der Waals surface area contributed by atoms with Gasteiger partial charge < -0.3 is 28.6 Å². The van der Waals surface area contributed by atoms with Crippen LogP contribution in [0, 0.1) is 11.3 Å². The zero-order chi connectivity index (χ0) is 25.8. The Labute approximate surface area is 219 Å². The summed E-state index contributed by atoms with van der Waals surface area (Å²) in [6.45, 7) is 10.5. The largest absolute Gasteiger partial charge is 0.496 e. The van der Waals surface area contributed by atoms with Crippen molar-refractivity contribution in [2.45, 2.75) is 33.0 Å². The quantitative estimate of drug-likeness (QED) is 0.539. The predicted molar refractivity (Wildman–Crippen MR) is 139 cm³/mol. The molecule has 3 aliphatic rings. The molecule has 2 aromatic carbocycles. The first-order valence-corrected chi connectivity index (χ1v) is 13.2. The van der Waals surface area contributed by atoms with Crippen molar-refractivity contribution in [1.82, 2.24) is 9.80 Å². The number of rotatable bonds is 8. The SMILES string of the molecule is COc1ccccc1CN1CCOC(C(=O)N(Cc2ccc3c(c2)OCC2(COC2)CO3)CC(C)C)C1. The molecule has 8 heteroatoms. The van der Waals surface area contributed by atoms with Crippen LogP contribution in [0.25, 0.3) is 0 Å². The van der Waals surface area contributed by atoms with Gasteiger partial charge in [0.1, 0.15) is 25.1 Å². The maximum absolute atomic E-state index is 13.7. The smallest absolute Gasteiger partial charge is 0.253 e. The summed E-state index contributed by atoms with van der Waals surface area (Å²) >= 11 is 0. The molecule has 0 N–H and O–H groups in total. The predicted octanol–water partition coefficient (Wildman–Crippen LogP) is 3.37. The van der Waals surface area contributed by atoms with E-state index in [9.17, 15) is 4.79 Å². The Hall–Kier alpha value is -2.81. The van der Waals surface area contributed by atoms with Crippen molar-refractivity contribution >= 4 is 5.91 Å². The van der Waals surface area contributed by atoms with Crippen molar-refractivity contribution in [2.24, 2.45) is 11.3 Å². The number of fused-ring (bicyclic) bond motifs is 1. The highest BCUT2D eigenvalue weighted by atomic mass is 16.6. The standard InChI is InChI=1S/C29H38N2O6/c1-21(2)13-31(14-22-8-9-25-26(12-22)37-20-29(19-36-25)17-34-18-29)28(32)27-16-30(10-11-35-27)15-23-6-4-5-7-24(23)33-3/h4-9,12,21,27H,10-11,13-20H2,1-3H3. The normalized spacial score (nSPS) is 20.8. The van der Waals surface area contributed by atoms with Crippen molar-refractivity contribution in [1.29, 1.82) is 0 Å². The summed E-state index contributed by atoms with van der Waals surface area (Å²) in [6.07, 6.45) is -0.499. The summed E-state index contributed by atoms with van der Waals surface area (Å²) in [5.74, 6) is 2.70. The molecule has 5 rings (SSSR count). The van der Waals surface area contributed by atoms with E-state index in [1.165, 1.54) is 0 Å². The van der Waals surface area contributed by atoms with E-state index in [1.54, 1.807) is 7.11 Å². The number of amides is 1. The van der Waals surface area contributed by atoms with Gasteiger partial charge >= 0.3 is 0 Å². The van der Waals surface area contributed by atoms with Gasteiger partial charge in [0.2, 0.25) is 0 Å². The number of carbonyl (C=O) groups is 1. The van der Waals surface area contributed by atoms with Gasteiger partial charge in [-0.3, -0.25) is 9.69 Å². The van der Waals surface area contributed by atoms with E-state index in [2.05, 4.69) is 24.8 Å². The van der Waals surface area contributed by atoms with Crippen LogP contribution >= 0.6 is 0 Å². The van der Waals surface area contributed by atoms with Crippen molar-refractivity contribution in [3.63, 3.8) is 0 Å². The average Bonchev–Trinajstić information content (AvgIpc) is 3.08. The monoisotopic (exact) mass is 510 g/mol. The second-order valence-electron chi connectivity index (χ2n) is 10.9. The summed E-state index contributed by atoms with van der Waals surface area (Å²) in [5, 5.41) is 0. The van der Waals surface area contributed by atoms with Gasteiger partial charge in [-0.2, -0.15) is 0 Å². The Morgan fingerprint density at radius 1 is 1.11 bits per heavy atom. The topological polar surface area (TPSA) is 69.7 Å². The average molecular weight is 511 g/mol. The lowest BCUT2D eigenvalue weighted by Crippen LogP contribution is -2.51. The minimum atomic E-state index is -0.499. The molecule has 2 saturated heterocycles. The van der Waals surface area contributed by atoms with Gasteiger partial charge in [0.15, 0.2) is 11.5 Å². The van der Waals surface area contributed by atoms with Gasteiger partial charge in [-0.05, 0) is 29.7 Å². The highest BCUT2D eigenvalue weighted by molar-refractivity contribution is 5.81. The third-order valence-corrected chi connectivity index (χ3v) is 7.18. The van der Waals surface area contributed by atoms with E-state index in [1.807, 2.05) is 41.3 Å². The fourth-order valence-electron chi connectivity index (χ4n) is 5.11. The van der Waals surface area contributed by atoms with Gasteiger partial charge in [-0.15, -0.1) is 0 Å². The molecule has 200 valence electrons. The number of carbonyl (C=O) groups excluding carboxylic acids is 1. The molecular weight excluding hydrogens is 472 g/mol. The zero-order valence-electron chi connectivity index (χ0n) is 22.1. The molecule has 0 aromatic heterocycles. The molecule has 3 aliphatic heterocycles. The number of hydrogen-bond donors (Lipinski definition) is 0. The summed E-state index contributed by atoms with van der Waals surface area (Å²) in [4.78, 5) is 17.9. The van der Waals surface area contributed by atoms with Crippen LogP contribution < -0.4 is 14.2 Å². The molecule has 3 heterocycles. The molecule has 0 aliphatic carbocycles. The molecule has 2 aromatic rings. The first-order valence-electron chi connectivity index (χ1n) is 13.2. The minimum absolute atomic E-state index is 0.0242. The van der Waals surface area contributed by atoms with Crippen LogP contribution in [-0.4, -0.2) is 81.6 Å². The summed E-state index contributed by atoms with van der Waals surface area (Å²) in [6, 6.07) is 14.0. The fraction of sp³-hybridized carbons (Fsp3) is 0.552. The second kappa shape index (κ2) is 11.3. The Morgan fingerprint density at radius 3 is 2.62 bits per heavy atom. The van der Waals surface area contributed by atoms with Gasteiger partial charge in [0.05, 0.1) is 32.3 Å². The number of hydrogen-bond acceptors (Lipinski definition) is 7. The van der Waals surface area contributed by atoms with Gasteiger partial charge in [0, 0.05) is 38.3 Å². The minimum Gasteiger partial charge on any atom is -0.496 e. The lowest BCUT2D eigenvalue weighted by Gasteiger charge is -2.38. The van der Waals surface area contributed by atoms with E-state index in [0.29, 0.717) is 58.6 Å². The van der Waals surface area contributed by atoms with Crippen LogP contribution in [0.15, 0.2) is 42.5 Å². The maximum Gasteiger partial charge on any atom is 0.253 e. The fourth-order valence-corrected chi connectivity index (χ4v) is 5.11. The van der Waals surface area contributed by atoms with Crippen LogP contribution in [0.2, 0.25) is 0 Å². The summed E-state index contributed by atoms with van der Waals surface area (Å²) in [7, 11) is 1.69. The Balaban J connectivity index is 1.26. The number of methoxy groups -OCH3 is 1. The van der Waals surface area contributed by atoms with Crippen LogP contribution in [-0.2, 0) is 27.4 Å². The number of nitrogens with zero attached hydrogens (tertiary/aromatic N) is 2. The van der Waals surface area contributed by atoms with Gasteiger partial charge in [0.25, 0.3) is 5.91 Å². The van der Waals surface area contributed by atoms with Crippen molar-refractivity contribution < 1.29 is 28.5 Å². The van der Waals surface area contributed by atoms with E-state index in [-0.39, 0.29) is 11.3 Å². The number of morpholine rings is 1. The molecule has 1 atom stereocenters. The molecule has 1 amide bonds. The van der Waals surface area contributed by atoms with E-state index in [0.717, 1.165) is 41.5 Å². The zero-order valence-corrected chi connectivity index (χ0v) is 22.1. The molecular formula is C29H38N2O6. The number of para-hydroxylation sites is 1. The molecule has 0 radical (unpaired) electrons. The van der Waals surface area contributed by atoms with E-state index in [4.69, 9.17) is 23.7 Å². The Bertz CT molecular complexity index is 1090. The lowest BCUT2D eigenvalue weighted by molar-refractivity contribution is -0.151. The van der Waals surface area contributed by atoms with Crippen LogP contribution in [0.4, 0.5) is 0 Å². The lowest BCUT2D eigenvalue weighted by atomic mass is 9.88. The third-order valence-electron chi connectivity index (χ3n) is 7.18. The third kappa shape index (κ3) is 6.03. The first kappa shape index (κ1) is 25.8. The molecule has 1 spiro atoms. The van der Waals surface area contributed by atoms with Crippen LogP contribution in [0.3, 0.4) is 0 Å². The summed E-state index contributed by atoms with van der Waals surface area (Å²) in [5.41, 5.74) is 2.07. The van der Waals surface area contributed by atoms with Crippen molar-refractivity contribution in [2.75, 3.05) is 59.8 Å². The van der Waals surface area contributed by atoms with Crippen LogP contribution in [0.5, 0.6) is 17.2 Å². The van der Waals surface area contributed by atoms with Gasteiger partial charge in [-0.1, -0.05) is 38.1 Å². The van der Waals surface area contributed by atoms with E-state index >= 15 is 0 Å². The van der Waals surface area contributed by atoms with Gasteiger partial charge in [-0.25, -0.2) is 0 Å². The van der Waals surface area contributed by atoms with Crippen molar-refractivity contribution in [3.05, 3.63) is 53.6 Å². The maximum atomic E-state index is 13.7. The van der Waals surface area contributed by atoms with Crippen LogP contribution in [0.1, 0.15) is 25.0 Å². The number of benzene rings is 2. The van der Waals surface area contributed by atoms with E-state index < -0.39 is 6.10 Å². The highest BCUT2D eigenvalue weighted by Crippen LogP contribution is 2.38. The molecule has 0 saturated carbocycles. The molecule has 0 bridgehead atoms. The second-order valence-corrected chi connectivity index (χ2v) is 10.9. The Kier molecular flexibility index (Phi) is 7.88. The first-order chi connectivity index (χ1) is 17.9.